The molecular formula is C22H23N5O5S2. The first-order chi connectivity index (χ1) is 16.1. The Kier molecular flexibility index (Phi) is 6.28. The molecule has 0 radical (unpaired) electrons. The van der Waals surface area contributed by atoms with Crippen LogP contribution in [0.1, 0.15) is 32.8 Å². The molecule has 4 rings (SSSR count). The minimum Gasteiger partial charge on any atom is -0.505 e. The number of aromatic nitrogens is 2. The van der Waals surface area contributed by atoms with E-state index in [0.29, 0.717) is 23.8 Å². The Morgan fingerprint density at radius 3 is 2.71 bits per heavy atom. The Balaban J connectivity index is 1.87. The van der Waals surface area contributed by atoms with Crippen molar-refractivity contribution in [2.45, 2.75) is 38.6 Å². The SMILES string of the molecule is CC(=O)Nc1ccc2c(c1)S(=O)(=O)N=C(c1c(O)c(-c3cccs3)nn(CCC(C)C)c1=O)N2. The van der Waals surface area contributed by atoms with E-state index >= 15 is 0 Å². The lowest BCUT2D eigenvalue weighted by Crippen LogP contribution is -2.34. The van der Waals surface area contributed by atoms with Crippen molar-refractivity contribution < 1.29 is 18.3 Å². The fourth-order valence-electron chi connectivity index (χ4n) is 3.43. The molecule has 0 atom stereocenters. The van der Waals surface area contributed by atoms with Crippen LogP contribution in [0.15, 0.2) is 49.8 Å². The van der Waals surface area contributed by atoms with Crippen LogP contribution in [0.3, 0.4) is 0 Å². The molecule has 178 valence electrons. The number of aromatic hydroxyl groups is 1. The van der Waals surface area contributed by atoms with Gasteiger partial charge in [-0.05, 0) is 42.0 Å². The number of rotatable bonds is 6. The Morgan fingerprint density at radius 2 is 2.06 bits per heavy atom. The van der Waals surface area contributed by atoms with Gasteiger partial charge in [-0.1, -0.05) is 19.9 Å². The van der Waals surface area contributed by atoms with Crippen molar-refractivity contribution >= 4 is 44.5 Å². The summed E-state index contributed by atoms with van der Waals surface area (Å²) in [4.78, 5) is 25.1. The largest absolute Gasteiger partial charge is 0.505 e. The smallest absolute Gasteiger partial charge is 0.286 e. The van der Waals surface area contributed by atoms with E-state index in [-0.39, 0.29) is 39.3 Å². The molecular weight excluding hydrogens is 478 g/mol. The van der Waals surface area contributed by atoms with Crippen molar-refractivity contribution in [1.82, 2.24) is 9.78 Å². The van der Waals surface area contributed by atoms with Gasteiger partial charge in [0.1, 0.15) is 16.2 Å². The van der Waals surface area contributed by atoms with Crippen LogP contribution in [-0.4, -0.2) is 35.0 Å². The van der Waals surface area contributed by atoms with Crippen LogP contribution in [-0.2, 0) is 21.4 Å². The summed E-state index contributed by atoms with van der Waals surface area (Å²) in [5, 5.41) is 22.6. The van der Waals surface area contributed by atoms with Crippen LogP contribution in [0.25, 0.3) is 10.6 Å². The van der Waals surface area contributed by atoms with Gasteiger partial charge in [-0.25, -0.2) is 4.68 Å². The van der Waals surface area contributed by atoms with E-state index in [1.54, 1.807) is 12.1 Å². The molecule has 1 aliphatic rings. The van der Waals surface area contributed by atoms with Gasteiger partial charge in [-0.15, -0.1) is 15.7 Å². The summed E-state index contributed by atoms with van der Waals surface area (Å²) >= 11 is 1.33. The molecule has 0 bridgehead atoms. The van der Waals surface area contributed by atoms with Crippen LogP contribution in [0.5, 0.6) is 5.75 Å². The van der Waals surface area contributed by atoms with Crippen LogP contribution in [0.2, 0.25) is 0 Å². The number of fused-ring (bicyclic) bond motifs is 1. The maximum atomic E-state index is 13.3. The molecule has 0 fully saturated rings. The molecule has 1 aliphatic heterocycles. The van der Waals surface area contributed by atoms with Crippen molar-refractivity contribution in [3.63, 3.8) is 0 Å². The third-order valence-electron chi connectivity index (χ3n) is 5.08. The molecule has 10 nitrogen and oxygen atoms in total. The van der Waals surface area contributed by atoms with E-state index in [4.69, 9.17) is 0 Å². The second-order valence-corrected chi connectivity index (χ2v) is 10.7. The molecule has 34 heavy (non-hydrogen) atoms. The van der Waals surface area contributed by atoms with Crippen molar-refractivity contribution in [3.8, 4) is 16.3 Å². The molecule has 3 N–H and O–H groups in total. The van der Waals surface area contributed by atoms with E-state index in [1.807, 2.05) is 19.2 Å². The highest BCUT2D eigenvalue weighted by Gasteiger charge is 2.31. The van der Waals surface area contributed by atoms with Crippen LogP contribution in [0.4, 0.5) is 11.4 Å². The third kappa shape index (κ3) is 4.59. The zero-order chi connectivity index (χ0) is 24.6. The highest BCUT2D eigenvalue weighted by atomic mass is 32.2. The first kappa shape index (κ1) is 23.6. The normalized spacial score (nSPS) is 14.3. The summed E-state index contributed by atoms with van der Waals surface area (Å²) in [7, 11) is -4.24. The van der Waals surface area contributed by atoms with Crippen LogP contribution >= 0.6 is 11.3 Å². The quantitative estimate of drug-likeness (QED) is 0.470. The molecule has 1 amide bonds. The Hall–Kier alpha value is -3.51. The molecule has 0 aliphatic carbocycles. The number of anilines is 2. The molecule has 0 saturated heterocycles. The van der Waals surface area contributed by atoms with Gasteiger partial charge in [0.2, 0.25) is 5.91 Å². The van der Waals surface area contributed by atoms with Crippen molar-refractivity contribution in [2.75, 3.05) is 10.6 Å². The summed E-state index contributed by atoms with van der Waals surface area (Å²) in [5.41, 5.74) is -0.304. The Bertz CT molecular complexity index is 1460. The molecule has 3 aromatic rings. The number of benzene rings is 1. The summed E-state index contributed by atoms with van der Waals surface area (Å²) in [6.07, 6.45) is 0.661. The summed E-state index contributed by atoms with van der Waals surface area (Å²) in [6, 6.07) is 7.80. The number of hydrogen-bond acceptors (Lipinski definition) is 8. The third-order valence-corrected chi connectivity index (χ3v) is 7.28. The number of nitrogens with zero attached hydrogens (tertiary/aromatic N) is 3. The lowest BCUT2D eigenvalue weighted by molar-refractivity contribution is -0.114. The molecule has 0 saturated carbocycles. The highest BCUT2D eigenvalue weighted by molar-refractivity contribution is 7.90. The van der Waals surface area contributed by atoms with Gasteiger partial charge in [0.15, 0.2) is 11.6 Å². The number of carbonyl (C=O) groups excluding carboxylic acids is 1. The molecule has 0 unspecified atom stereocenters. The fourth-order valence-corrected chi connectivity index (χ4v) is 5.29. The number of amidine groups is 1. The van der Waals surface area contributed by atoms with Crippen molar-refractivity contribution in [1.29, 1.82) is 0 Å². The van der Waals surface area contributed by atoms with E-state index in [9.17, 15) is 23.1 Å². The summed E-state index contributed by atoms with van der Waals surface area (Å²) in [6.45, 7) is 5.62. The predicted molar refractivity (Wildman–Crippen MR) is 131 cm³/mol. The number of amides is 1. The van der Waals surface area contributed by atoms with Gasteiger partial charge in [0.05, 0.1) is 10.6 Å². The highest BCUT2D eigenvalue weighted by Crippen LogP contribution is 2.35. The molecule has 2 aromatic heterocycles. The zero-order valence-corrected chi connectivity index (χ0v) is 20.3. The first-order valence-electron chi connectivity index (χ1n) is 10.5. The van der Waals surface area contributed by atoms with E-state index in [2.05, 4.69) is 20.1 Å². The predicted octanol–water partition coefficient (Wildman–Crippen LogP) is 3.24. The topological polar surface area (TPSA) is 143 Å². The lowest BCUT2D eigenvalue weighted by atomic mass is 10.1. The van der Waals surface area contributed by atoms with Crippen LogP contribution in [0, 0.1) is 5.92 Å². The summed E-state index contributed by atoms with van der Waals surface area (Å²) in [5.74, 6) is -0.796. The number of thiophene rings is 1. The molecule has 3 heterocycles. The van der Waals surface area contributed by atoms with Crippen molar-refractivity contribution in [3.05, 3.63) is 51.6 Å². The standard InChI is InChI=1S/C22H23N5O5S2/c1-12(2)8-9-27-22(30)18(20(29)19(25-27)16-5-4-10-33-16)21-24-15-7-6-14(23-13(3)28)11-17(15)34(31,32)26-21/h4-7,10-12,29H,8-9H2,1-3H3,(H,23,28)(H,24,26). The number of hydrogen-bond donors (Lipinski definition) is 3. The van der Waals surface area contributed by atoms with Crippen molar-refractivity contribution in [2.24, 2.45) is 10.3 Å². The average Bonchev–Trinajstić information content (AvgIpc) is 3.27. The average molecular weight is 502 g/mol. The van der Waals surface area contributed by atoms with Gasteiger partial charge < -0.3 is 15.7 Å². The minimum atomic E-state index is -4.24. The number of nitrogens with one attached hydrogen (secondary N) is 2. The van der Waals surface area contributed by atoms with E-state index < -0.39 is 21.3 Å². The monoisotopic (exact) mass is 501 g/mol. The second kappa shape index (κ2) is 9.03. The van der Waals surface area contributed by atoms with Gasteiger partial charge in [0, 0.05) is 19.2 Å². The Morgan fingerprint density at radius 1 is 1.29 bits per heavy atom. The van der Waals surface area contributed by atoms with Gasteiger partial charge in [-0.2, -0.15) is 13.5 Å². The van der Waals surface area contributed by atoms with E-state index in [0.717, 1.165) is 0 Å². The zero-order valence-electron chi connectivity index (χ0n) is 18.7. The van der Waals surface area contributed by atoms with E-state index in [1.165, 1.54) is 41.1 Å². The number of sulfonamides is 1. The fraction of sp³-hybridized carbons (Fsp3) is 0.273. The second-order valence-electron chi connectivity index (χ2n) is 8.19. The maximum absolute atomic E-state index is 13.3. The van der Waals surface area contributed by atoms with Gasteiger partial charge in [-0.3, -0.25) is 9.59 Å². The number of aryl methyl sites for hydroxylation is 1. The maximum Gasteiger partial charge on any atom is 0.286 e. The summed E-state index contributed by atoms with van der Waals surface area (Å²) < 4.78 is 31.0. The molecule has 1 aromatic carbocycles. The minimum absolute atomic E-state index is 0.158. The van der Waals surface area contributed by atoms with Gasteiger partial charge >= 0.3 is 0 Å². The first-order valence-corrected chi connectivity index (χ1v) is 12.8. The van der Waals surface area contributed by atoms with Gasteiger partial charge in [0.25, 0.3) is 15.6 Å². The van der Waals surface area contributed by atoms with Crippen LogP contribution < -0.4 is 16.2 Å². The Labute approximate surface area is 200 Å². The number of carbonyl (C=O) groups is 1. The molecule has 12 heteroatoms. The lowest BCUT2D eigenvalue weighted by Gasteiger charge is -2.20. The molecule has 0 spiro atoms.